The lowest BCUT2D eigenvalue weighted by Crippen LogP contribution is -2.06. The molecule has 0 unspecified atom stereocenters. The largest absolute Gasteiger partial charge is 0.491 e. The van der Waals surface area contributed by atoms with Crippen molar-refractivity contribution in [2.75, 3.05) is 0 Å². The van der Waals surface area contributed by atoms with Crippen LogP contribution in [0.15, 0.2) is 24.5 Å². The van der Waals surface area contributed by atoms with Crippen molar-refractivity contribution in [1.82, 2.24) is 14.8 Å². The van der Waals surface area contributed by atoms with Gasteiger partial charge in [-0.2, -0.15) is 0 Å². The minimum absolute atomic E-state index is 0.00972. The summed E-state index contributed by atoms with van der Waals surface area (Å²) in [6.07, 6.45) is 0.984. The SMILES string of the molecule is O=C(O)c1cc(F)ccc1-n1cnc([N+](=O)[O-])n1. The van der Waals surface area contributed by atoms with Gasteiger partial charge in [0.25, 0.3) is 0 Å². The van der Waals surface area contributed by atoms with Crippen molar-refractivity contribution in [2.45, 2.75) is 0 Å². The molecule has 0 saturated carbocycles. The van der Waals surface area contributed by atoms with E-state index in [1.807, 2.05) is 0 Å². The lowest BCUT2D eigenvalue weighted by Gasteiger charge is -2.02. The predicted molar refractivity (Wildman–Crippen MR) is 54.9 cm³/mol. The number of carboxylic acid groups (broad SMARTS) is 1. The first kappa shape index (κ1) is 11.6. The lowest BCUT2D eigenvalue weighted by atomic mass is 10.2. The van der Waals surface area contributed by atoms with Gasteiger partial charge in [-0.3, -0.25) is 0 Å². The van der Waals surface area contributed by atoms with E-state index in [0.717, 1.165) is 29.2 Å². The standard InChI is InChI=1S/C9H5FN4O4/c10-5-1-2-7(6(3-5)8(15)16)13-4-11-9(12-13)14(17)18/h1-4H,(H,15,16). The van der Waals surface area contributed by atoms with Gasteiger partial charge in [0.1, 0.15) is 5.82 Å². The molecule has 2 aromatic rings. The highest BCUT2D eigenvalue weighted by Gasteiger charge is 2.19. The summed E-state index contributed by atoms with van der Waals surface area (Å²) in [6.45, 7) is 0. The van der Waals surface area contributed by atoms with Gasteiger partial charge in [0.2, 0.25) is 6.33 Å². The van der Waals surface area contributed by atoms with E-state index in [2.05, 4.69) is 10.1 Å². The third-order valence-electron chi connectivity index (χ3n) is 2.08. The molecule has 92 valence electrons. The van der Waals surface area contributed by atoms with E-state index >= 15 is 0 Å². The number of aromatic nitrogens is 3. The molecule has 0 amide bonds. The number of carboxylic acids is 1. The van der Waals surface area contributed by atoms with Gasteiger partial charge >= 0.3 is 11.9 Å². The molecular weight excluding hydrogens is 247 g/mol. The van der Waals surface area contributed by atoms with Crippen LogP contribution in [0.2, 0.25) is 0 Å². The highest BCUT2D eigenvalue weighted by atomic mass is 19.1. The predicted octanol–water partition coefficient (Wildman–Crippen LogP) is 1.01. The van der Waals surface area contributed by atoms with Crippen LogP contribution in [0.3, 0.4) is 0 Å². The van der Waals surface area contributed by atoms with Crippen LogP contribution < -0.4 is 0 Å². The van der Waals surface area contributed by atoms with Gasteiger partial charge in [-0.15, -0.1) is 4.68 Å². The van der Waals surface area contributed by atoms with Crippen LogP contribution in [0.4, 0.5) is 10.3 Å². The molecule has 1 heterocycles. The quantitative estimate of drug-likeness (QED) is 0.644. The Labute approximate surface area is 98.5 Å². The summed E-state index contributed by atoms with van der Waals surface area (Å²) in [5.74, 6) is -2.77. The Morgan fingerprint density at radius 3 is 2.78 bits per heavy atom. The maximum absolute atomic E-state index is 12.9. The third kappa shape index (κ3) is 2.00. The summed E-state index contributed by atoms with van der Waals surface area (Å²) in [5, 5.41) is 22.8. The van der Waals surface area contributed by atoms with E-state index < -0.39 is 22.7 Å². The van der Waals surface area contributed by atoms with E-state index in [0.29, 0.717) is 0 Å². The molecule has 0 fully saturated rings. The first-order valence-corrected chi connectivity index (χ1v) is 4.58. The van der Waals surface area contributed by atoms with Gasteiger partial charge < -0.3 is 15.2 Å². The molecule has 0 atom stereocenters. The van der Waals surface area contributed by atoms with E-state index in [9.17, 15) is 19.3 Å². The molecule has 9 heteroatoms. The minimum Gasteiger partial charge on any atom is -0.478 e. The molecule has 0 bridgehead atoms. The molecule has 0 aliphatic heterocycles. The zero-order chi connectivity index (χ0) is 13.3. The highest BCUT2D eigenvalue weighted by Crippen LogP contribution is 2.16. The smallest absolute Gasteiger partial charge is 0.478 e. The van der Waals surface area contributed by atoms with E-state index in [1.54, 1.807) is 0 Å². The fourth-order valence-corrected chi connectivity index (χ4v) is 1.33. The van der Waals surface area contributed by atoms with Gasteiger partial charge in [0.15, 0.2) is 0 Å². The third-order valence-corrected chi connectivity index (χ3v) is 2.08. The zero-order valence-electron chi connectivity index (χ0n) is 8.65. The van der Waals surface area contributed by atoms with Crippen molar-refractivity contribution in [3.63, 3.8) is 0 Å². The zero-order valence-corrected chi connectivity index (χ0v) is 8.65. The van der Waals surface area contributed by atoms with E-state index in [4.69, 9.17) is 5.11 Å². The highest BCUT2D eigenvalue weighted by molar-refractivity contribution is 5.91. The Balaban J connectivity index is 2.55. The Kier molecular flexibility index (Phi) is 2.72. The van der Waals surface area contributed by atoms with Gasteiger partial charge in [-0.1, -0.05) is 4.98 Å². The van der Waals surface area contributed by atoms with E-state index in [-0.39, 0.29) is 11.3 Å². The molecule has 8 nitrogen and oxygen atoms in total. The van der Waals surface area contributed by atoms with Crippen LogP contribution in [0.5, 0.6) is 0 Å². The van der Waals surface area contributed by atoms with E-state index in [1.165, 1.54) is 0 Å². The van der Waals surface area contributed by atoms with Crippen molar-refractivity contribution in [2.24, 2.45) is 0 Å². The molecule has 0 saturated heterocycles. The second-order valence-corrected chi connectivity index (χ2v) is 3.21. The van der Waals surface area contributed by atoms with Crippen molar-refractivity contribution in [3.05, 3.63) is 46.0 Å². The number of nitrogens with zero attached hydrogens (tertiary/aromatic N) is 4. The molecule has 0 radical (unpaired) electrons. The maximum Gasteiger partial charge on any atom is 0.491 e. The molecule has 0 aliphatic rings. The molecule has 0 spiro atoms. The van der Waals surface area contributed by atoms with Crippen molar-refractivity contribution in [1.29, 1.82) is 0 Å². The minimum atomic E-state index is -1.37. The Morgan fingerprint density at radius 1 is 1.50 bits per heavy atom. The number of nitro groups is 1. The summed E-state index contributed by atoms with van der Waals surface area (Å²) in [6, 6.07) is 2.97. The molecule has 1 N–H and O–H groups in total. The molecular formula is C9H5FN4O4. The van der Waals surface area contributed by atoms with Crippen molar-refractivity contribution in [3.8, 4) is 5.69 Å². The maximum atomic E-state index is 12.9. The number of hydrogen-bond donors (Lipinski definition) is 1. The fraction of sp³-hybridized carbons (Fsp3) is 0. The first-order chi connectivity index (χ1) is 8.49. The van der Waals surface area contributed by atoms with Gasteiger partial charge in [0.05, 0.1) is 11.3 Å². The summed E-state index contributed by atoms with van der Waals surface area (Å²) in [4.78, 5) is 23.9. The molecule has 1 aromatic carbocycles. The Morgan fingerprint density at radius 2 is 2.22 bits per heavy atom. The summed E-state index contributed by atoms with van der Waals surface area (Å²) < 4.78 is 13.8. The average Bonchev–Trinajstić information content (AvgIpc) is 2.78. The van der Waals surface area contributed by atoms with Crippen LogP contribution in [0.25, 0.3) is 5.69 Å². The second-order valence-electron chi connectivity index (χ2n) is 3.21. The van der Waals surface area contributed by atoms with Gasteiger partial charge in [-0.05, 0) is 23.1 Å². The second kappa shape index (κ2) is 4.20. The normalized spacial score (nSPS) is 10.3. The lowest BCUT2D eigenvalue weighted by molar-refractivity contribution is -0.394. The summed E-state index contributed by atoms with van der Waals surface area (Å²) in [5.41, 5.74) is -0.376. The molecule has 1 aromatic heterocycles. The Hall–Kier alpha value is -2.84. The van der Waals surface area contributed by atoms with Crippen LogP contribution in [0.1, 0.15) is 10.4 Å². The number of hydrogen-bond acceptors (Lipinski definition) is 5. The topological polar surface area (TPSA) is 111 Å². The van der Waals surface area contributed by atoms with Crippen LogP contribution >= 0.6 is 0 Å². The van der Waals surface area contributed by atoms with Gasteiger partial charge in [0, 0.05) is 5.10 Å². The Bertz CT molecular complexity index is 639. The number of rotatable bonds is 3. The number of carbonyl (C=O) groups is 1. The van der Waals surface area contributed by atoms with Crippen LogP contribution in [0, 0.1) is 15.9 Å². The molecule has 2 rings (SSSR count). The summed E-state index contributed by atoms with van der Waals surface area (Å²) >= 11 is 0. The van der Waals surface area contributed by atoms with Gasteiger partial charge in [-0.25, -0.2) is 9.18 Å². The van der Waals surface area contributed by atoms with Crippen LogP contribution in [-0.4, -0.2) is 30.8 Å². The fourth-order valence-electron chi connectivity index (χ4n) is 1.33. The number of benzene rings is 1. The van der Waals surface area contributed by atoms with Crippen molar-refractivity contribution >= 4 is 11.9 Å². The van der Waals surface area contributed by atoms with Crippen LogP contribution in [-0.2, 0) is 0 Å². The molecule has 0 aliphatic carbocycles. The number of aromatic carboxylic acids is 1. The number of halogens is 1. The average molecular weight is 252 g/mol. The first-order valence-electron chi connectivity index (χ1n) is 4.58. The van der Waals surface area contributed by atoms with Crippen molar-refractivity contribution < 1.29 is 19.2 Å². The molecule has 18 heavy (non-hydrogen) atoms. The monoisotopic (exact) mass is 252 g/mol. The summed E-state index contributed by atoms with van der Waals surface area (Å²) in [7, 11) is 0.